The molecule has 88 valence electrons. The lowest BCUT2D eigenvalue weighted by molar-refractivity contribution is 1.03. The summed E-state index contributed by atoms with van der Waals surface area (Å²) in [6.45, 7) is 2.54. The Hall–Kier alpha value is -1.44. The van der Waals surface area contributed by atoms with Crippen LogP contribution in [0.4, 0.5) is 5.82 Å². The van der Waals surface area contributed by atoms with Crippen molar-refractivity contribution in [3.8, 4) is 0 Å². The number of H-pyrrole nitrogens is 1. The largest absolute Gasteiger partial charge is 0.365 e. The molecule has 2 aromatic heterocycles. The van der Waals surface area contributed by atoms with Gasteiger partial charge in [-0.05, 0) is 41.1 Å². The number of nitrogens with zero attached hydrogens (tertiary/aromatic N) is 2. The van der Waals surface area contributed by atoms with Crippen molar-refractivity contribution in [1.82, 2.24) is 15.0 Å². The zero-order chi connectivity index (χ0) is 12.3. The van der Waals surface area contributed by atoms with E-state index in [1.165, 1.54) is 6.33 Å². The van der Waals surface area contributed by atoms with E-state index in [0.29, 0.717) is 15.9 Å². The fraction of sp³-hybridized carbons (Fsp3) is 0.182. The van der Waals surface area contributed by atoms with Crippen molar-refractivity contribution >= 4 is 28.4 Å². The van der Waals surface area contributed by atoms with Crippen LogP contribution < -0.4 is 10.9 Å². The van der Waals surface area contributed by atoms with Gasteiger partial charge in [-0.2, -0.15) is 0 Å². The average molecular weight is 342 g/mol. The normalized spacial score (nSPS) is 10.2. The zero-order valence-electron chi connectivity index (χ0n) is 9.20. The van der Waals surface area contributed by atoms with Crippen LogP contribution in [-0.4, -0.2) is 15.0 Å². The van der Waals surface area contributed by atoms with Gasteiger partial charge in [-0.1, -0.05) is 6.07 Å². The minimum atomic E-state index is -0.134. The molecule has 2 heterocycles. The Morgan fingerprint density at radius 1 is 1.41 bits per heavy atom. The van der Waals surface area contributed by atoms with E-state index < -0.39 is 0 Å². The Morgan fingerprint density at radius 3 is 2.94 bits per heavy atom. The van der Waals surface area contributed by atoms with E-state index in [9.17, 15) is 4.79 Å². The van der Waals surface area contributed by atoms with Gasteiger partial charge in [0, 0.05) is 18.4 Å². The Morgan fingerprint density at radius 2 is 2.24 bits per heavy atom. The number of hydrogen-bond acceptors (Lipinski definition) is 4. The molecule has 0 aliphatic carbocycles. The third-order valence-electron chi connectivity index (χ3n) is 2.23. The van der Waals surface area contributed by atoms with Gasteiger partial charge in [0.15, 0.2) is 0 Å². The number of hydrogen-bond donors (Lipinski definition) is 2. The van der Waals surface area contributed by atoms with E-state index >= 15 is 0 Å². The van der Waals surface area contributed by atoms with Crippen molar-refractivity contribution in [1.29, 1.82) is 0 Å². The summed E-state index contributed by atoms with van der Waals surface area (Å²) in [7, 11) is 0. The Bertz CT molecular complexity index is 564. The van der Waals surface area contributed by atoms with Crippen molar-refractivity contribution in [2.45, 2.75) is 13.5 Å². The number of aromatic nitrogens is 3. The summed E-state index contributed by atoms with van der Waals surface area (Å²) in [6, 6.07) is 3.95. The highest BCUT2D eigenvalue weighted by Gasteiger charge is 2.04. The average Bonchev–Trinajstić information content (AvgIpc) is 2.33. The van der Waals surface area contributed by atoms with Crippen LogP contribution in [0, 0.1) is 10.5 Å². The monoisotopic (exact) mass is 342 g/mol. The summed E-state index contributed by atoms with van der Waals surface area (Å²) >= 11 is 1.97. The highest BCUT2D eigenvalue weighted by atomic mass is 127. The first kappa shape index (κ1) is 12.0. The predicted molar refractivity (Wildman–Crippen MR) is 73.9 cm³/mol. The molecule has 0 aliphatic heterocycles. The number of pyridine rings is 1. The number of anilines is 1. The molecule has 2 N–H and O–H groups in total. The predicted octanol–water partition coefficient (Wildman–Crippen LogP) is 1.69. The lowest BCUT2D eigenvalue weighted by Gasteiger charge is -2.06. The first-order chi connectivity index (χ1) is 8.16. The van der Waals surface area contributed by atoms with E-state index in [0.717, 1.165) is 11.3 Å². The van der Waals surface area contributed by atoms with Gasteiger partial charge >= 0.3 is 0 Å². The molecule has 5 nitrogen and oxygen atoms in total. The topological polar surface area (TPSA) is 70.7 Å². The van der Waals surface area contributed by atoms with Gasteiger partial charge in [0.05, 0.1) is 6.33 Å². The van der Waals surface area contributed by atoms with Crippen molar-refractivity contribution in [3.05, 3.63) is 49.8 Å². The van der Waals surface area contributed by atoms with E-state index in [-0.39, 0.29) is 5.56 Å². The summed E-state index contributed by atoms with van der Waals surface area (Å²) in [6.07, 6.45) is 3.20. The summed E-state index contributed by atoms with van der Waals surface area (Å²) in [5.74, 6) is 0.593. The molecule has 0 bridgehead atoms. The zero-order valence-corrected chi connectivity index (χ0v) is 11.4. The second kappa shape index (κ2) is 5.26. The Balaban J connectivity index is 2.10. The summed E-state index contributed by atoms with van der Waals surface area (Å²) < 4.78 is 0.560. The van der Waals surface area contributed by atoms with Crippen LogP contribution in [0.1, 0.15) is 11.3 Å². The van der Waals surface area contributed by atoms with Crippen LogP contribution in [0.2, 0.25) is 0 Å². The summed E-state index contributed by atoms with van der Waals surface area (Å²) in [5.41, 5.74) is 1.90. The fourth-order valence-electron chi connectivity index (χ4n) is 1.30. The molecule has 0 amide bonds. The molecule has 2 aromatic rings. The van der Waals surface area contributed by atoms with Crippen LogP contribution >= 0.6 is 22.6 Å². The van der Waals surface area contributed by atoms with Crippen LogP contribution in [0.5, 0.6) is 0 Å². The summed E-state index contributed by atoms with van der Waals surface area (Å²) in [4.78, 5) is 22.1. The fourth-order valence-corrected chi connectivity index (χ4v) is 1.78. The Kier molecular flexibility index (Phi) is 3.72. The first-order valence-corrected chi connectivity index (χ1v) is 6.13. The number of aryl methyl sites for hydroxylation is 1. The van der Waals surface area contributed by atoms with Crippen molar-refractivity contribution in [2.24, 2.45) is 0 Å². The highest BCUT2D eigenvalue weighted by Crippen LogP contribution is 2.10. The Labute approximate surface area is 112 Å². The minimum Gasteiger partial charge on any atom is -0.365 e. The molecular formula is C11H11IN4O. The van der Waals surface area contributed by atoms with E-state index in [1.54, 1.807) is 0 Å². The lowest BCUT2D eigenvalue weighted by Crippen LogP contribution is -2.14. The van der Waals surface area contributed by atoms with Crippen molar-refractivity contribution < 1.29 is 0 Å². The summed E-state index contributed by atoms with van der Waals surface area (Å²) in [5, 5.41) is 3.11. The smallest absolute Gasteiger partial charge is 0.266 e. The number of nitrogens with one attached hydrogen (secondary N) is 2. The van der Waals surface area contributed by atoms with Crippen LogP contribution in [-0.2, 0) is 6.54 Å². The van der Waals surface area contributed by atoms with Gasteiger partial charge in [0.2, 0.25) is 0 Å². The van der Waals surface area contributed by atoms with Gasteiger partial charge in [-0.15, -0.1) is 0 Å². The maximum Gasteiger partial charge on any atom is 0.266 e. The maximum atomic E-state index is 11.3. The van der Waals surface area contributed by atoms with Crippen molar-refractivity contribution in [3.63, 3.8) is 0 Å². The van der Waals surface area contributed by atoms with E-state index in [1.807, 2.05) is 47.8 Å². The highest BCUT2D eigenvalue weighted by molar-refractivity contribution is 14.1. The van der Waals surface area contributed by atoms with Gasteiger partial charge in [0.1, 0.15) is 9.39 Å². The molecule has 0 radical (unpaired) electrons. The van der Waals surface area contributed by atoms with E-state index in [4.69, 9.17) is 0 Å². The number of rotatable bonds is 3. The molecule has 0 atom stereocenters. The molecule has 0 aromatic carbocycles. The lowest BCUT2D eigenvalue weighted by atomic mass is 10.2. The quantitative estimate of drug-likeness (QED) is 0.833. The van der Waals surface area contributed by atoms with Gasteiger partial charge in [-0.25, -0.2) is 4.98 Å². The first-order valence-electron chi connectivity index (χ1n) is 5.05. The molecule has 6 heteroatoms. The molecule has 0 saturated heterocycles. The SMILES string of the molecule is Cc1ccc(CNc2nc[nH]c(=O)c2I)cn1. The molecule has 17 heavy (non-hydrogen) atoms. The van der Waals surface area contributed by atoms with Gasteiger partial charge < -0.3 is 10.3 Å². The van der Waals surface area contributed by atoms with Gasteiger partial charge in [-0.3, -0.25) is 9.78 Å². The van der Waals surface area contributed by atoms with Gasteiger partial charge in [0.25, 0.3) is 5.56 Å². The van der Waals surface area contributed by atoms with E-state index in [2.05, 4.69) is 20.3 Å². The second-order valence-electron chi connectivity index (χ2n) is 3.56. The standard InChI is InChI=1S/C11H11IN4O/c1-7-2-3-8(4-13-7)5-14-10-9(12)11(17)16-6-15-10/h2-4,6H,5H2,1H3,(H2,14,15,16,17). The number of halogens is 1. The maximum absolute atomic E-state index is 11.3. The van der Waals surface area contributed by atoms with Crippen LogP contribution in [0.15, 0.2) is 29.5 Å². The molecule has 0 saturated carbocycles. The second-order valence-corrected chi connectivity index (χ2v) is 4.63. The molecule has 2 rings (SSSR count). The molecule has 0 spiro atoms. The number of aromatic amines is 1. The molecule has 0 fully saturated rings. The minimum absolute atomic E-state index is 0.134. The molecule has 0 unspecified atom stereocenters. The van der Waals surface area contributed by atoms with Crippen LogP contribution in [0.25, 0.3) is 0 Å². The third-order valence-corrected chi connectivity index (χ3v) is 3.23. The third kappa shape index (κ3) is 3.02. The molecular weight excluding hydrogens is 331 g/mol. The van der Waals surface area contributed by atoms with Crippen molar-refractivity contribution in [2.75, 3.05) is 5.32 Å². The van der Waals surface area contributed by atoms with Crippen LogP contribution in [0.3, 0.4) is 0 Å². The molecule has 0 aliphatic rings.